The fraction of sp³-hybridized carbons (Fsp3) is 0.250. The Bertz CT molecular complexity index is 1010. The second-order valence-corrected chi connectivity index (χ2v) is 6.88. The fourth-order valence-electron chi connectivity index (χ4n) is 2.92. The van der Waals surface area contributed by atoms with E-state index in [1.807, 2.05) is 49.4 Å². The third-order valence-corrected chi connectivity index (χ3v) is 4.65. The molecule has 7 nitrogen and oxygen atoms in total. The third-order valence-electron chi connectivity index (χ3n) is 4.65. The molecular formula is C24H29IN4O3. The molecule has 170 valence electrons. The first-order chi connectivity index (χ1) is 15.1. The van der Waals surface area contributed by atoms with Crippen molar-refractivity contribution < 1.29 is 14.2 Å². The van der Waals surface area contributed by atoms with Gasteiger partial charge in [0.25, 0.3) is 0 Å². The van der Waals surface area contributed by atoms with Gasteiger partial charge in [-0.1, -0.05) is 18.2 Å². The minimum atomic E-state index is 0. The quantitative estimate of drug-likeness (QED) is 0.242. The number of rotatable bonds is 8. The molecule has 0 aliphatic carbocycles. The number of aromatic nitrogens is 1. The number of hydrogen-bond acceptors (Lipinski definition) is 5. The van der Waals surface area contributed by atoms with Gasteiger partial charge in [-0.3, -0.25) is 4.99 Å². The number of ether oxygens (including phenoxy) is 3. The molecule has 0 spiro atoms. The second-order valence-electron chi connectivity index (χ2n) is 6.88. The summed E-state index contributed by atoms with van der Waals surface area (Å²) in [7, 11) is 5.06. The maximum Gasteiger partial charge on any atom is 0.219 e. The number of aliphatic imine (C=N–C) groups is 1. The minimum absolute atomic E-state index is 0. The van der Waals surface area contributed by atoms with Crippen LogP contribution in [-0.4, -0.2) is 32.2 Å². The highest BCUT2D eigenvalue weighted by Crippen LogP contribution is 2.22. The molecule has 0 saturated heterocycles. The molecule has 1 aromatic heterocycles. The largest absolute Gasteiger partial charge is 0.497 e. The van der Waals surface area contributed by atoms with Gasteiger partial charge in [-0.05, 0) is 48.4 Å². The van der Waals surface area contributed by atoms with Gasteiger partial charge in [-0.2, -0.15) is 0 Å². The first kappa shape index (κ1) is 25.3. The van der Waals surface area contributed by atoms with Gasteiger partial charge in [0.15, 0.2) is 5.96 Å². The highest BCUT2D eigenvalue weighted by Gasteiger charge is 2.06. The SMILES string of the molecule is CN=C(NCc1ccc(Oc2ccc(OC)cc2)nc1)NCc1ccc(C)cc1OC.I. The zero-order chi connectivity index (χ0) is 22.1. The van der Waals surface area contributed by atoms with Crippen LogP contribution < -0.4 is 24.8 Å². The molecule has 0 amide bonds. The summed E-state index contributed by atoms with van der Waals surface area (Å²) in [5, 5.41) is 6.60. The molecule has 0 radical (unpaired) electrons. The Hall–Kier alpha value is -3.01. The monoisotopic (exact) mass is 548 g/mol. The molecule has 1 heterocycles. The van der Waals surface area contributed by atoms with Crippen LogP contribution in [0.5, 0.6) is 23.1 Å². The number of hydrogen-bond donors (Lipinski definition) is 2. The lowest BCUT2D eigenvalue weighted by molar-refractivity contribution is 0.408. The number of guanidine groups is 1. The third kappa shape index (κ3) is 7.30. The molecule has 0 fully saturated rings. The summed E-state index contributed by atoms with van der Waals surface area (Å²) in [6.45, 7) is 3.23. The van der Waals surface area contributed by atoms with Crippen molar-refractivity contribution >= 4 is 29.9 Å². The smallest absolute Gasteiger partial charge is 0.219 e. The Morgan fingerprint density at radius 1 is 0.906 bits per heavy atom. The molecule has 0 aliphatic heterocycles. The summed E-state index contributed by atoms with van der Waals surface area (Å²) in [5.41, 5.74) is 3.24. The van der Waals surface area contributed by atoms with E-state index in [-0.39, 0.29) is 24.0 Å². The Balaban J connectivity index is 0.00000363. The molecule has 0 bridgehead atoms. The lowest BCUT2D eigenvalue weighted by atomic mass is 10.1. The summed E-state index contributed by atoms with van der Waals surface area (Å²) in [6.07, 6.45) is 1.78. The predicted octanol–water partition coefficient (Wildman–Crippen LogP) is 4.68. The van der Waals surface area contributed by atoms with Crippen molar-refractivity contribution in [2.24, 2.45) is 4.99 Å². The van der Waals surface area contributed by atoms with E-state index >= 15 is 0 Å². The Kier molecular flexibility index (Phi) is 10.1. The molecule has 3 rings (SSSR count). The molecule has 32 heavy (non-hydrogen) atoms. The molecule has 3 aromatic rings. The molecular weight excluding hydrogens is 519 g/mol. The number of nitrogens with zero attached hydrogens (tertiary/aromatic N) is 2. The molecule has 0 aliphatic rings. The second kappa shape index (κ2) is 12.7. The van der Waals surface area contributed by atoms with Gasteiger partial charge in [-0.25, -0.2) is 4.98 Å². The van der Waals surface area contributed by atoms with Crippen molar-refractivity contribution in [2.45, 2.75) is 20.0 Å². The summed E-state index contributed by atoms with van der Waals surface area (Å²) < 4.78 is 16.4. The van der Waals surface area contributed by atoms with E-state index in [2.05, 4.69) is 32.7 Å². The summed E-state index contributed by atoms with van der Waals surface area (Å²) in [6, 6.07) is 17.3. The number of methoxy groups -OCH3 is 2. The van der Waals surface area contributed by atoms with Crippen molar-refractivity contribution in [1.29, 1.82) is 0 Å². The maximum absolute atomic E-state index is 5.76. The average Bonchev–Trinajstić information content (AvgIpc) is 2.81. The van der Waals surface area contributed by atoms with Gasteiger partial charge in [0, 0.05) is 38.0 Å². The Morgan fingerprint density at radius 3 is 2.25 bits per heavy atom. The molecule has 0 atom stereocenters. The highest BCUT2D eigenvalue weighted by molar-refractivity contribution is 14.0. The van der Waals surface area contributed by atoms with E-state index in [0.717, 1.165) is 28.2 Å². The van der Waals surface area contributed by atoms with Crippen molar-refractivity contribution in [1.82, 2.24) is 15.6 Å². The van der Waals surface area contributed by atoms with Crippen LogP contribution in [0.25, 0.3) is 0 Å². The van der Waals surface area contributed by atoms with Crippen LogP contribution in [-0.2, 0) is 13.1 Å². The van der Waals surface area contributed by atoms with Crippen molar-refractivity contribution in [3.63, 3.8) is 0 Å². The summed E-state index contributed by atoms with van der Waals surface area (Å²) in [4.78, 5) is 8.65. The Morgan fingerprint density at radius 2 is 1.62 bits per heavy atom. The number of nitrogens with one attached hydrogen (secondary N) is 2. The normalized spacial score (nSPS) is 10.7. The maximum atomic E-state index is 5.76. The number of aryl methyl sites for hydroxylation is 1. The van der Waals surface area contributed by atoms with Crippen LogP contribution in [0.4, 0.5) is 0 Å². The predicted molar refractivity (Wildman–Crippen MR) is 137 cm³/mol. The zero-order valence-corrected chi connectivity index (χ0v) is 21.0. The summed E-state index contributed by atoms with van der Waals surface area (Å²) in [5.74, 6) is 3.57. The van der Waals surface area contributed by atoms with Gasteiger partial charge in [0.2, 0.25) is 5.88 Å². The van der Waals surface area contributed by atoms with Gasteiger partial charge in [0.1, 0.15) is 17.2 Å². The fourth-order valence-corrected chi connectivity index (χ4v) is 2.92. The van der Waals surface area contributed by atoms with Crippen LogP contribution >= 0.6 is 24.0 Å². The molecule has 2 N–H and O–H groups in total. The topological polar surface area (TPSA) is 77.0 Å². The highest BCUT2D eigenvalue weighted by atomic mass is 127. The van der Waals surface area contributed by atoms with E-state index in [4.69, 9.17) is 14.2 Å². The van der Waals surface area contributed by atoms with Crippen LogP contribution in [0.1, 0.15) is 16.7 Å². The molecule has 2 aromatic carbocycles. The van der Waals surface area contributed by atoms with E-state index < -0.39 is 0 Å². The zero-order valence-electron chi connectivity index (χ0n) is 18.7. The lowest BCUT2D eigenvalue weighted by Crippen LogP contribution is -2.36. The van der Waals surface area contributed by atoms with Gasteiger partial charge in [-0.15, -0.1) is 24.0 Å². The van der Waals surface area contributed by atoms with Gasteiger partial charge >= 0.3 is 0 Å². The van der Waals surface area contributed by atoms with Crippen LogP contribution in [0.3, 0.4) is 0 Å². The van der Waals surface area contributed by atoms with Crippen LogP contribution in [0.15, 0.2) is 65.8 Å². The Labute approximate surface area is 206 Å². The average molecular weight is 548 g/mol. The summed E-state index contributed by atoms with van der Waals surface area (Å²) >= 11 is 0. The molecule has 0 unspecified atom stereocenters. The van der Waals surface area contributed by atoms with Crippen molar-refractivity contribution in [3.05, 3.63) is 77.5 Å². The van der Waals surface area contributed by atoms with Crippen molar-refractivity contribution in [3.8, 4) is 23.1 Å². The number of halogens is 1. The number of pyridine rings is 1. The van der Waals surface area contributed by atoms with E-state index in [9.17, 15) is 0 Å². The molecule has 0 saturated carbocycles. The lowest BCUT2D eigenvalue weighted by Gasteiger charge is -2.14. The minimum Gasteiger partial charge on any atom is -0.497 e. The van der Waals surface area contributed by atoms with Gasteiger partial charge in [0.05, 0.1) is 14.2 Å². The van der Waals surface area contributed by atoms with E-state index in [1.54, 1.807) is 27.5 Å². The van der Waals surface area contributed by atoms with Gasteiger partial charge < -0.3 is 24.8 Å². The van der Waals surface area contributed by atoms with E-state index in [1.165, 1.54) is 0 Å². The number of benzene rings is 2. The van der Waals surface area contributed by atoms with Crippen molar-refractivity contribution in [2.75, 3.05) is 21.3 Å². The first-order valence-electron chi connectivity index (χ1n) is 9.96. The van der Waals surface area contributed by atoms with Crippen LogP contribution in [0, 0.1) is 6.92 Å². The molecule has 8 heteroatoms. The van der Waals surface area contributed by atoms with E-state index in [0.29, 0.717) is 30.7 Å². The standard InChI is InChI=1S/C24H28N4O3.HI/c1-17-5-7-19(22(13-17)30-4)16-28-24(25-2)27-15-18-6-12-23(26-14-18)31-21-10-8-20(29-3)9-11-21;/h5-14H,15-16H2,1-4H3,(H2,25,27,28);1H. The first-order valence-corrected chi connectivity index (χ1v) is 9.96. The van der Waals surface area contributed by atoms with Crippen LogP contribution in [0.2, 0.25) is 0 Å².